The third-order valence-electron chi connectivity index (χ3n) is 2.16. The molecule has 1 aromatic rings. The standard InChI is InChI=1S/C9H16N2S.C2H6/c1-6(12)5-9-7(2)10-11(4)8(9)3;1-2/h6,12H,5H2,1-4H3;1-2H3. The Morgan fingerprint density at radius 2 is 1.86 bits per heavy atom. The van der Waals surface area contributed by atoms with Crippen LogP contribution < -0.4 is 0 Å². The fraction of sp³-hybridized carbons (Fsp3) is 0.727. The van der Waals surface area contributed by atoms with Crippen molar-refractivity contribution in [3.05, 3.63) is 17.0 Å². The van der Waals surface area contributed by atoms with E-state index in [1.165, 1.54) is 11.3 Å². The minimum atomic E-state index is 0.409. The first-order chi connectivity index (χ1) is 6.52. The molecule has 1 heterocycles. The summed E-state index contributed by atoms with van der Waals surface area (Å²) in [6.45, 7) is 10.3. The van der Waals surface area contributed by atoms with Gasteiger partial charge in [-0.05, 0) is 25.8 Å². The van der Waals surface area contributed by atoms with Gasteiger partial charge in [-0.3, -0.25) is 4.68 Å². The van der Waals surface area contributed by atoms with Gasteiger partial charge in [-0.15, -0.1) is 0 Å². The fourth-order valence-electron chi connectivity index (χ4n) is 1.41. The molecule has 82 valence electrons. The van der Waals surface area contributed by atoms with Gasteiger partial charge in [0.2, 0.25) is 0 Å². The Labute approximate surface area is 93.1 Å². The van der Waals surface area contributed by atoms with Gasteiger partial charge in [0, 0.05) is 18.0 Å². The normalized spacial score (nSPS) is 11.9. The summed E-state index contributed by atoms with van der Waals surface area (Å²) in [6, 6.07) is 0. The molecule has 1 aromatic heterocycles. The molecule has 1 atom stereocenters. The fourth-order valence-corrected chi connectivity index (χ4v) is 1.59. The smallest absolute Gasteiger partial charge is 0.0628 e. The van der Waals surface area contributed by atoms with Gasteiger partial charge >= 0.3 is 0 Å². The molecule has 0 saturated carbocycles. The van der Waals surface area contributed by atoms with Crippen LogP contribution in [0.4, 0.5) is 0 Å². The van der Waals surface area contributed by atoms with Crippen molar-refractivity contribution >= 4 is 12.6 Å². The van der Waals surface area contributed by atoms with Gasteiger partial charge in [0.15, 0.2) is 0 Å². The van der Waals surface area contributed by atoms with Crippen LogP contribution in [0.3, 0.4) is 0 Å². The van der Waals surface area contributed by atoms with E-state index in [0.29, 0.717) is 5.25 Å². The highest BCUT2D eigenvalue weighted by Crippen LogP contribution is 2.15. The third kappa shape index (κ3) is 3.37. The summed E-state index contributed by atoms with van der Waals surface area (Å²) in [5.74, 6) is 0. The van der Waals surface area contributed by atoms with Gasteiger partial charge in [0.05, 0.1) is 5.69 Å². The lowest BCUT2D eigenvalue weighted by atomic mass is 10.1. The number of rotatable bonds is 2. The Morgan fingerprint density at radius 3 is 2.14 bits per heavy atom. The van der Waals surface area contributed by atoms with Gasteiger partial charge in [0.1, 0.15) is 0 Å². The number of hydrogen-bond donors (Lipinski definition) is 1. The van der Waals surface area contributed by atoms with Gasteiger partial charge in [-0.25, -0.2) is 0 Å². The first-order valence-electron chi connectivity index (χ1n) is 5.19. The second-order valence-corrected chi connectivity index (χ2v) is 4.21. The van der Waals surface area contributed by atoms with Crippen molar-refractivity contribution in [3.8, 4) is 0 Å². The Kier molecular flexibility index (Phi) is 5.93. The summed E-state index contributed by atoms with van der Waals surface area (Å²) in [5, 5.41) is 4.76. The molecule has 0 spiro atoms. The maximum absolute atomic E-state index is 4.38. The highest BCUT2D eigenvalue weighted by Gasteiger charge is 2.10. The quantitative estimate of drug-likeness (QED) is 0.749. The van der Waals surface area contributed by atoms with Crippen LogP contribution in [0.5, 0.6) is 0 Å². The number of aromatic nitrogens is 2. The minimum Gasteiger partial charge on any atom is -0.272 e. The van der Waals surface area contributed by atoms with Gasteiger partial charge in [-0.1, -0.05) is 20.8 Å². The van der Waals surface area contributed by atoms with Crippen molar-refractivity contribution < 1.29 is 0 Å². The average molecular weight is 214 g/mol. The van der Waals surface area contributed by atoms with E-state index in [-0.39, 0.29) is 0 Å². The van der Waals surface area contributed by atoms with E-state index in [1.807, 2.05) is 25.6 Å². The zero-order valence-corrected chi connectivity index (χ0v) is 11.0. The van der Waals surface area contributed by atoms with E-state index in [4.69, 9.17) is 0 Å². The second kappa shape index (κ2) is 6.12. The maximum Gasteiger partial charge on any atom is 0.0628 e. The lowest BCUT2D eigenvalue weighted by Crippen LogP contribution is -2.00. The summed E-state index contributed by atoms with van der Waals surface area (Å²) in [7, 11) is 1.98. The predicted molar refractivity (Wildman–Crippen MR) is 66.2 cm³/mol. The second-order valence-electron chi connectivity index (χ2n) is 3.33. The summed E-state index contributed by atoms with van der Waals surface area (Å²) in [6.07, 6.45) is 1.01. The highest BCUT2D eigenvalue weighted by atomic mass is 32.1. The van der Waals surface area contributed by atoms with Gasteiger partial charge < -0.3 is 0 Å². The summed E-state index contributed by atoms with van der Waals surface area (Å²) < 4.78 is 1.93. The average Bonchev–Trinajstić information content (AvgIpc) is 2.35. The number of hydrogen-bond acceptors (Lipinski definition) is 2. The lowest BCUT2D eigenvalue weighted by molar-refractivity contribution is 0.729. The molecule has 0 aromatic carbocycles. The Balaban J connectivity index is 0.000000791. The van der Waals surface area contributed by atoms with Crippen LogP contribution in [0.2, 0.25) is 0 Å². The first kappa shape index (κ1) is 13.6. The molecular formula is C11H22N2S. The van der Waals surface area contributed by atoms with Crippen molar-refractivity contribution in [2.45, 2.75) is 46.3 Å². The predicted octanol–water partition coefficient (Wildman–Crippen LogP) is 2.92. The van der Waals surface area contributed by atoms with Crippen molar-refractivity contribution in [3.63, 3.8) is 0 Å². The van der Waals surface area contributed by atoms with E-state index in [1.54, 1.807) is 0 Å². The summed E-state index contributed by atoms with van der Waals surface area (Å²) in [4.78, 5) is 0. The minimum absolute atomic E-state index is 0.409. The summed E-state index contributed by atoms with van der Waals surface area (Å²) in [5.41, 5.74) is 3.74. The molecule has 0 fully saturated rings. The molecule has 0 aliphatic carbocycles. The SMILES string of the molecule is CC.Cc1nn(C)c(C)c1CC(C)S. The van der Waals surface area contributed by atoms with Crippen molar-refractivity contribution in [2.75, 3.05) is 0 Å². The van der Waals surface area contributed by atoms with Crippen LogP contribution in [-0.2, 0) is 13.5 Å². The topological polar surface area (TPSA) is 17.8 Å². The summed E-state index contributed by atoms with van der Waals surface area (Å²) >= 11 is 4.38. The van der Waals surface area contributed by atoms with Crippen LogP contribution in [0.25, 0.3) is 0 Å². The van der Waals surface area contributed by atoms with Crippen LogP contribution in [0.1, 0.15) is 37.7 Å². The van der Waals surface area contributed by atoms with Crippen LogP contribution >= 0.6 is 12.6 Å². The molecule has 1 unspecified atom stereocenters. The number of thiol groups is 1. The molecule has 0 bridgehead atoms. The number of nitrogens with zero attached hydrogens (tertiary/aromatic N) is 2. The molecule has 0 radical (unpaired) electrons. The Morgan fingerprint density at radius 1 is 1.36 bits per heavy atom. The lowest BCUT2D eigenvalue weighted by Gasteiger charge is -2.03. The molecule has 0 amide bonds. The molecule has 0 saturated heterocycles. The third-order valence-corrected chi connectivity index (χ3v) is 2.34. The monoisotopic (exact) mass is 214 g/mol. The van der Waals surface area contributed by atoms with E-state index < -0.39 is 0 Å². The van der Waals surface area contributed by atoms with Crippen molar-refractivity contribution in [1.82, 2.24) is 9.78 Å². The molecular weight excluding hydrogens is 192 g/mol. The van der Waals surface area contributed by atoms with Gasteiger partial charge in [0.25, 0.3) is 0 Å². The molecule has 3 heteroatoms. The zero-order valence-electron chi connectivity index (χ0n) is 10.1. The van der Waals surface area contributed by atoms with Gasteiger partial charge in [-0.2, -0.15) is 17.7 Å². The largest absolute Gasteiger partial charge is 0.272 e. The maximum atomic E-state index is 4.38. The zero-order chi connectivity index (χ0) is 11.3. The van der Waals surface area contributed by atoms with Crippen molar-refractivity contribution in [1.29, 1.82) is 0 Å². The van der Waals surface area contributed by atoms with Crippen LogP contribution in [0, 0.1) is 13.8 Å². The van der Waals surface area contributed by atoms with E-state index in [2.05, 4.69) is 38.5 Å². The molecule has 2 nitrogen and oxygen atoms in total. The molecule has 1 rings (SSSR count). The van der Waals surface area contributed by atoms with Crippen molar-refractivity contribution in [2.24, 2.45) is 7.05 Å². The first-order valence-corrected chi connectivity index (χ1v) is 5.71. The number of aryl methyl sites for hydroxylation is 2. The molecule has 0 aliphatic rings. The highest BCUT2D eigenvalue weighted by molar-refractivity contribution is 7.80. The van der Waals surface area contributed by atoms with E-state index >= 15 is 0 Å². The Bertz CT molecular complexity index is 277. The van der Waals surface area contributed by atoms with E-state index in [0.717, 1.165) is 12.1 Å². The Hall–Kier alpha value is -0.440. The van der Waals surface area contributed by atoms with Crippen LogP contribution in [0.15, 0.2) is 0 Å². The molecule has 14 heavy (non-hydrogen) atoms. The van der Waals surface area contributed by atoms with E-state index in [9.17, 15) is 0 Å². The van der Waals surface area contributed by atoms with Crippen LogP contribution in [-0.4, -0.2) is 15.0 Å². The molecule has 0 N–H and O–H groups in total. The molecule has 0 aliphatic heterocycles.